The molecule has 132 valence electrons. The van der Waals surface area contributed by atoms with Crippen LogP contribution in [0.3, 0.4) is 0 Å². The molecule has 0 aliphatic carbocycles. The molecular weight excluding hydrogens is 404 g/mol. The van der Waals surface area contributed by atoms with Gasteiger partial charge in [-0.3, -0.25) is 9.59 Å². The fourth-order valence-electron chi connectivity index (χ4n) is 2.29. The third-order valence-corrected chi connectivity index (χ3v) is 4.89. The molecule has 0 unspecified atom stereocenters. The molecular formula is C19H20BrClN2O2. The van der Waals surface area contributed by atoms with E-state index in [1.54, 1.807) is 30.3 Å². The fourth-order valence-corrected chi connectivity index (χ4v) is 2.94. The number of aryl methyl sites for hydroxylation is 1. The average molecular weight is 424 g/mol. The minimum Gasteiger partial charge on any atom is -0.340 e. The van der Waals surface area contributed by atoms with E-state index in [2.05, 4.69) is 26.6 Å². The highest BCUT2D eigenvalue weighted by molar-refractivity contribution is 9.10. The van der Waals surface area contributed by atoms with Crippen molar-refractivity contribution in [2.24, 2.45) is 5.92 Å². The Labute approximate surface area is 161 Å². The fraction of sp³-hybridized carbons (Fsp3) is 0.263. The van der Waals surface area contributed by atoms with Gasteiger partial charge in [0, 0.05) is 15.2 Å². The van der Waals surface area contributed by atoms with Gasteiger partial charge in [0.05, 0.1) is 5.56 Å². The first-order valence-corrected chi connectivity index (χ1v) is 9.09. The molecule has 25 heavy (non-hydrogen) atoms. The number of nitrogens with one attached hydrogen (secondary N) is 2. The molecule has 2 amide bonds. The molecule has 0 spiro atoms. The van der Waals surface area contributed by atoms with Crippen molar-refractivity contribution in [2.45, 2.75) is 26.8 Å². The molecule has 2 rings (SSSR count). The molecule has 2 aromatic rings. The van der Waals surface area contributed by atoms with Crippen LogP contribution in [0, 0.1) is 12.8 Å². The minimum atomic E-state index is -0.667. The number of amides is 2. The van der Waals surface area contributed by atoms with Crippen LogP contribution in [-0.4, -0.2) is 17.9 Å². The highest BCUT2D eigenvalue weighted by Gasteiger charge is 2.25. The molecule has 0 saturated carbocycles. The summed E-state index contributed by atoms with van der Waals surface area (Å²) in [5.41, 5.74) is 2.02. The maximum Gasteiger partial charge on any atom is 0.253 e. The van der Waals surface area contributed by atoms with Crippen LogP contribution in [0.1, 0.15) is 29.8 Å². The van der Waals surface area contributed by atoms with Crippen LogP contribution in [0.5, 0.6) is 0 Å². The molecule has 2 N–H and O–H groups in total. The molecule has 4 nitrogen and oxygen atoms in total. The van der Waals surface area contributed by atoms with E-state index in [0.717, 1.165) is 5.56 Å². The monoisotopic (exact) mass is 422 g/mol. The lowest BCUT2D eigenvalue weighted by molar-refractivity contribution is -0.118. The van der Waals surface area contributed by atoms with Gasteiger partial charge in [-0.05, 0) is 58.6 Å². The summed E-state index contributed by atoms with van der Waals surface area (Å²) in [7, 11) is 0. The molecule has 0 aliphatic heterocycles. The lowest BCUT2D eigenvalue weighted by Crippen LogP contribution is -2.47. The summed E-state index contributed by atoms with van der Waals surface area (Å²) in [6.07, 6.45) is 0. The van der Waals surface area contributed by atoms with Crippen molar-refractivity contribution in [1.29, 1.82) is 0 Å². The topological polar surface area (TPSA) is 58.2 Å². The Morgan fingerprint density at radius 1 is 1.12 bits per heavy atom. The number of rotatable bonds is 5. The van der Waals surface area contributed by atoms with Crippen molar-refractivity contribution in [2.75, 3.05) is 5.32 Å². The highest BCUT2D eigenvalue weighted by Crippen LogP contribution is 2.21. The van der Waals surface area contributed by atoms with Gasteiger partial charge in [0.1, 0.15) is 6.04 Å². The number of carbonyl (C=O) groups is 2. The molecule has 0 fully saturated rings. The summed E-state index contributed by atoms with van der Waals surface area (Å²) in [4.78, 5) is 25.1. The van der Waals surface area contributed by atoms with Gasteiger partial charge in [-0.25, -0.2) is 0 Å². The third-order valence-electron chi connectivity index (χ3n) is 3.79. The number of hydrogen-bond acceptors (Lipinski definition) is 2. The van der Waals surface area contributed by atoms with Crippen molar-refractivity contribution in [3.8, 4) is 0 Å². The quantitative estimate of drug-likeness (QED) is 0.725. The van der Waals surface area contributed by atoms with E-state index in [1.807, 2.05) is 32.9 Å². The largest absolute Gasteiger partial charge is 0.340 e. The molecule has 0 heterocycles. The second kappa shape index (κ2) is 8.50. The van der Waals surface area contributed by atoms with Gasteiger partial charge in [-0.1, -0.05) is 43.6 Å². The lowest BCUT2D eigenvalue weighted by atomic mass is 10.0. The van der Waals surface area contributed by atoms with Crippen molar-refractivity contribution >= 4 is 45.0 Å². The average Bonchev–Trinajstić information content (AvgIpc) is 2.55. The maximum atomic E-state index is 12.6. The number of hydrogen-bond donors (Lipinski definition) is 2. The second-order valence-corrected chi connectivity index (χ2v) is 7.39. The molecule has 1 atom stereocenters. The van der Waals surface area contributed by atoms with Crippen LogP contribution in [0.15, 0.2) is 46.9 Å². The molecule has 0 aromatic heterocycles. The molecule has 2 aromatic carbocycles. The van der Waals surface area contributed by atoms with Crippen molar-refractivity contribution in [1.82, 2.24) is 5.32 Å². The lowest BCUT2D eigenvalue weighted by Gasteiger charge is -2.22. The molecule has 0 saturated heterocycles. The van der Waals surface area contributed by atoms with Gasteiger partial charge >= 0.3 is 0 Å². The van der Waals surface area contributed by atoms with Gasteiger partial charge in [0.2, 0.25) is 5.91 Å². The predicted molar refractivity (Wildman–Crippen MR) is 105 cm³/mol. The Bertz CT molecular complexity index is 793. The van der Waals surface area contributed by atoms with Crippen molar-refractivity contribution < 1.29 is 9.59 Å². The zero-order valence-corrected chi connectivity index (χ0v) is 16.6. The van der Waals surface area contributed by atoms with Gasteiger partial charge in [0.15, 0.2) is 0 Å². The Hall–Kier alpha value is -1.85. The van der Waals surface area contributed by atoms with E-state index in [0.29, 0.717) is 20.7 Å². The summed E-state index contributed by atoms with van der Waals surface area (Å²) in [5, 5.41) is 6.20. The van der Waals surface area contributed by atoms with Crippen LogP contribution < -0.4 is 10.6 Å². The Morgan fingerprint density at radius 3 is 2.40 bits per heavy atom. The molecule has 6 heteroatoms. The van der Waals surface area contributed by atoms with E-state index in [1.165, 1.54) is 0 Å². The normalized spacial score (nSPS) is 11.9. The minimum absolute atomic E-state index is 0.0765. The van der Waals surface area contributed by atoms with E-state index < -0.39 is 6.04 Å². The van der Waals surface area contributed by atoms with E-state index >= 15 is 0 Å². The van der Waals surface area contributed by atoms with E-state index in [-0.39, 0.29) is 17.7 Å². The maximum absolute atomic E-state index is 12.6. The first-order chi connectivity index (χ1) is 11.8. The van der Waals surface area contributed by atoms with Gasteiger partial charge in [-0.15, -0.1) is 0 Å². The number of benzene rings is 2. The molecule has 0 aliphatic rings. The molecule has 0 radical (unpaired) electrons. The van der Waals surface area contributed by atoms with Crippen LogP contribution in [0.2, 0.25) is 5.02 Å². The SMILES string of the molecule is Cc1ccc(NC(=O)[C@H](NC(=O)c2ccccc2Br)C(C)C)cc1Cl. The summed E-state index contributed by atoms with van der Waals surface area (Å²) in [5.74, 6) is -0.661. The summed E-state index contributed by atoms with van der Waals surface area (Å²) >= 11 is 9.45. The zero-order valence-electron chi connectivity index (χ0n) is 14.3. The third kappa shape index (κ3) is 5.06. The first kappa shape index (κ1) is 19.5. The first-order valence-electron chi connectivity index (χ1n) is 7.92. The van der Waals surface area contributed by atoms with Gasteiger partial charge in [0.25, 0.3) is 5.91 Å². The van der Waals surface area contributed by atoms with Crippen LogP contribution in [0.4, 0.5) is 5.69 Å². The summed E-state index contributed by atoms with van der Waals surface area (Å²) in [6, 6.07) is 11.7. The summed E-state index contributed by atoms with van der Waals surface area (Å²) < 4.78 is 0.681. The number of halogens is 2. The van der Waals surface area contributed by atoms with E-state index in [4.69, 9.17) is 11.6 Å². The predicted octanol–water partition coefficient (Wildman–Crippen LogP) is 4.80. The van der Waals surface area contributed by atoms with E-state index in [9.17, 15) is 9.59 Å². The Morgan fingerprint density at radius 2 is 1.80 bits per heavy atom. The second-order valence-electron chi connectivity index (χ2n) is 6.13. The molecule has 0 bridgehead atoms. The van der Waals surface area contributed by atoms with Crippen LogP contribution in [0.25, 0.3) is 0 Å². The van der Waals surface area contributed by atoms with Crippen molar-refractivity contribution in [3.05, 3.63) is 63.1 Å². The Balaban J connectivity index is 2.14. The van der Waals surface area contributed by atoms with Crippen LogP contribution in [-0.2, 0) is 4.79 Å². The standard InChI is InChI=1S/C19H20BrClN2O2/c1-11(2)17(23-18(24)14-6-4-5-7-15(14)20)19(25)22-13-9-8-12(3)16(21)10-13/h4-11,17H,1-3H3,(H,22,25)(H,23,24)/t17-/m1/s1. The van der Waals surface area contributed by atoms with Gasteiger partial charge < -0.3 is 10.6 Å². The zero-order chi connectivity index (χ0) is 18.6. The highest BCUT2D eigenvalue weighted by atomic mass is 79.9. The summed E-state index contributed by atoms with van der Waals surface area (Å²) in [6.45, 7) is 5.65. The number of anilines is 1. The number of carbonyl (C=O) groups excluding carboxylic acids is 2. The van der Waals surface area contributed by atoms with Crippen LogP contribution >= 0.6 is 27.5 Å². The smallest absolute Gasteiger partial charge is 0.253 e. The van der Waals surface area contributed by atoms with Crippen molar-refractivity contribution in [3.63, 3.8) is 0 Å². The van der Waals surface area contributed by atoms with Gasteiger partial charge in [-0.2, -0.15) is 0 Å². The Kier molecular flexibility index (Phi) is 6.62.